The lowest BCUT2D eigenvalue weighted by Gasteiger charge is -2.38. The van der Waals surface area contributed by atoms with E-state index in [4.69, 9.17) is 4.74 Å². The molecule has 0 radical (unpaired) electrons. The van der Waals surface area contributed by atoms with Crippen LogP contribution in [0.1, 0.15) is 49.0 Å². The Morgan fingerprint density at radius 1 is 1.08 bits per heavy atom. The zero-order valence-electron chi connectivity index (χ0n) is 15.2. The molecule has 1 fully saturated rings. The van der Waals surface area contributed by atoms with Crippen LogP contribution in [0.5, 0.6) is 5.75 Å². The van der Waals surface area contributed by atoms with Gasteiger partial charge in [0.15, 0.2) is 0 Å². The van der Waals surface area contributed by atoms with Gasteiger partial charge in [0.2, 0.25) is 0 Å². The number of carbonyl (C=O) groups excluding carboxylic acids is 1. The molecule has 25 heavy (non-hydrogen) atoms. The van der Waals surface area contributed by atoms with Crippen molar-refractivity contribution in [2.45, 2.75) is 45.8 Å². The first-order valence-electron chi connectivity index (χ1n) is 9.23. The van der Waals surface area contributed by atoms with E-state index < -0.39 is 0 Å². The number of para-hydroxylation sites is 1. The molecule has 1 saturated heterocycles. The molecule has 0 aromatic heterocycles. The minimum Gasteiger partial charge on any atom is -0.489 e. The van der Waals surface area contributed by atoms with Crippen molar-refractivity contribution in [2.24, 2.45) is 5.92 Å². The molecular weight excluding hydrogens is 310 g/mol. The van der Waals surface area contributed by atoms with Gasteiger partial charge in [-0.15, -0.1) is 0 Å². The number of nitrogens with zero attached hydrogens (tertiary/aromatic N) is 1. The fraction of sp³-hybridized carbons (Fsp3) is 0.409. The maximum atomic E-state index is 12.9. The first-order valence-corrected chi connectivity index (χ1v) is 9.23. The largest absolute Gasteiger partial charge is 0.489 e. The third-order valence-electron chi connectivity index (χ3n) is 4.93. The van der Waals surface area contributed by atoms with Gasteiger partial charge >= 0.3 is 0 Å². The molecule has 2 aromatic rings. The molecule has 1 heterocycles. The summed E-state index contributed by atoms with van der Waals surface area (Å²) in [4.78, 5) is 15.0. The van der Waals surface area contributed by atoms with Crippen LogP contribution in [0.15, 0.2) is 54.6 Å². The van der Waals surface area contributed by atoms with Crippen molar-refractivity contribution in [2.75, 3.05) is 6.54 Å². The maximum absolute atomic E-state index is 12.9. The van der Waals surface area contributed by atoms with Crippen LogP contribution in [0.25, 0.3) is 0 Å². The van der Waals surface area contributed by atoms with Crippen LogP contribution in [0.2, 0.25) is 0 Å². The summed E-state index contributed by atoms with van der Waals surface area (Å²) in [6.45, 7) is 5.80. The average Bonchev–Trinajstić information content (AvgIpc) is 2.67. The standard InChI is InChI=1S/C22H27NO2/c1-17(2)21-10-6-7-15-23(21)22(24)19-13-11-18(12-14-19)16-25-20-8-4-3-5-9-20/h3-5,8-9,11-14,17,21H,6-7,10,15-16H2,1-2H3. The van der Waals surface area contributed by atoms with E-state index in [0.29, 0.717) is 18.6 Å². The number of rotatable bonds is 5. The fourth-order valence-electron chi connectivity index (χ4n) is 3.50. The van der Waals surface area contributed by atoms with E-state index in [-0.39, 0.29) is 5.91 Å². The molecule has 1 atom stereocenters. The first-order chi connectivity index (χ1) is 12.1. The zero-order chi connectivity index (χ0) is 17.6. The van der Waals surface area contributed by atoms with Gasteiger partial charge in [-0.2, -0.15) is 0 Å². The van der Waals surface area contributed by atoms with Gasteiger partial charge in [0, 0.05) is 18.2 Å². The third-order valence-corrected chi connectivity index (χ3v) is 4.93. The average molecular weight is 337 g/mol. The van der Waals surface area contributed by atoms with Gasteiger partial charge in [-0.05, 0) is 55.0 Å². The molecule has 0 saturated carbocycles. The predicted molar refractivity (Wildman–Crippen MR) is 101 cm³/mol. The van der Waals surface area contributed by atoms with Crippen LogP contribution >= 0.6 is 0 Å². The Balaban J connectivity index is 1.64. The van der Waals surface area contributed by atoms with Crippen molar-refractivity contribution in [1.82, 2.24) is 4.90 Å². The van der Waals surface area contributed by atoms with Gasteiger partial charge in [-0.1, -0.05) is 44.2 Å². The molecule has 1 unspecified atom stereocenters. The summed E-state index contributed by atoms with van der Waals surface area (Å²) in [6.07, 6.45) is 3.45. The van der Waals surface area contributed by atoms with Gasteiger partial charge in [-0.25, -0.2) is 0 Å². The molecule has 3 nitrogen and oxygen atoms in total. The Hall–Kier alpha value is -2.29. The van der Waals surface area contributed by atoms with Crippen LogP contribution in [0.4, 0.5) is 0 Å². The molecule has 132 valence electrons. The molecule has 0 bridgehead atoms. The van der Waals surface area contributed by atoms with Crippen molar-refractivity contribution in [1.29, 1.82) is 0 Å². The Labute approximate surface area is 150 Å². The van der Waals surface area contributed by atoms with Gasteiger partial charge in [-0.3, -0.25) is 4.79 Å². The zero-order valence-corrected chi connectivity index (χ0v) is 15.2. The molecule has 1 aliphatic rings. The van der Waals surface area contributed by atoms with Crippen molar-refractivity contribution >= 4 is 5.91 Å². The van der Waals surface area contributed by atoms with Gasteiger partial charge in [0.05, 0.1) is 0 Å². The lowest BCUT2D eigenvalue weighted by Crippen LogP contribution is -2.46. The van der Waals surface area contributed by atoms with E-state index >= 15 is 0 Å². The Bertz CT molecular complexity index is 679. The van der Waals surface area contributed by atoms with Crippen molar-refractivity contribution in [3.63, 3.8) is 0 Å². The predicted octanol–water partition coefficient (Wildman–Crippen LogP) is 4.92. The fourth-order valence-corrected chi connectivity index (χ4v) is 3.50. The maximum Gasteiger partial charge on any atom is 0.254 e. The molecule has 2 aromatic carbocycles. The number of amides is 1. The number of ether oxygens (including phenoxy) is 1. The molecule has 0 N–H and O–H groups in total. The molecule has 0 aliphatic carbocycles. The minimum atomic E-state index is 0.161. The van der Waals surface area contributed by atoms with Crippen molar-refractivity contribution in [3.8, 4) is 5.75 Å². The second kappa shape index (κ2) is 8.19. The SMILES string of the molecule is CC(C)C1CCCCN1C(=O)c1ccc(COc2ccccc2)cc1. The summed E-state index contributed by atoms with van der Waals surface area (Å²) in [7, 11) is 0. The topological polar surface area (TPSA) is 29.5 Å². The Morgan fingerprint density at radius 3 is 2.48 bits per heavy atom. The summed E-state index contributed by atoms with van der Waals surface area (Å²) in [5.41, 5.74) is 1.84. The highest BCUT2D eigenvalue weighted by atomic mass is 16.5. The van der Waals surface area contributed by atoms with E-state index in [2.05, 4.69) is 18.7 Å². The van der Waals surface area contributed by atoms with Crippen LogP contribution in [-0.4, -0.2) is 23.4 Å². The van der Waals surface area contributed by atoms with Crippen molar-refractivity contribution < 1.29 is 9.53 Å². The molecule has 0 spiro atoms. The number of carbonyl (C=O) groups is 1. The van der Waals surface area contributed by atoms with E-state index in [1.165, 1.54) is 6.42 Å². The van der Waals surface area contributed by atoms with Crippen LogP contribution < -0.4 is 4.74 Å². The monoisotopic (exact) mass is 337 g/mol. The summed E-state index contributed by atoms with van der Waals surface area (Å²) in [5.74, 6) is 1.52. The number of hydrogen-bond donors (Lipinski definition) is 0. The van der Waals surface area contributed by atoms with Crippen LogP contribution in [0, 0.1) is 5.92 Å². The molecular formula is C22H27NO2. The van der Waals surface area contributed by atoms with E-state index in [1.54, 1.807) is 0 Å². The Morgan fingerprint density at radius 2 is 1.80 bits per heavy atom. The third kappa shape index (κ3) is 4.41. The smallest absolute Gasteiger partial charge is 0.254 e. The highest BCUT2D eigenvalue weighted by molar-refractivity contribution is 5.94. The summed E-state index contributed by atoms with van der Waals surface area (Å²) < 4.78 is 5.76. The van der Waals surface area contributed by atoms with Gasteiger partial charge in [0.1, 0.15) is 12.4 Å². The quantitative estimate of drug-likeness (QED) is 0.775. The summed E-state index contributed by atoms with van der Waals surface area (Å²) in [6, 6.07) is 18.0. The lowest BCUT2D eigenvalue weighted by molar-refractivity contribution is 0.0543. The second-order valence-electron chi connectivity index (χ2n) is 7.10. The Kier molecular flexibility index (Phi) is 5.75. The van der Waals surface area contributed by atoms with Crippen LogP contribution in [0.3, 0.4) is 0 Å². The summed E-state index contributed by atoms with van der Waals surface area (Å²) >= 11 is 0. The van der Waals surface area contributed by atoms with Gasteiger partial charge in [0.25, 0.3) is 5.91 Å². The lowest BCUT2D eigenvalue weighted by atomic mass is 9.92. The van der Waals surface area contributed by atoms with Crippen LogP contribution in [-0.2, 0) is 6.61 Å². The van der Waals surface area contributed by atoms with Gasteiger partial charge < -0.3 is 9.64 Å². The highest BCUT2D eigenvalue weighted by Crippen LogP contribution is 2.25. The number of benzene rings is 2. The number of piperidine rings is 1. The summed E-state index contributed by atoms with van der Waals surface area (Å²) in [5, 5.41) is 0. The second-order valence-corrected chi connectivity index (χ2v) is 7.10. The van der Waals surface area contributed by atoms with E-state index in [9.17, 15) is 4.79 Å². The van der Waals surface area contributed by atoms with Crippen molar-refractivity contribution in [3.05, 3.63) is 65.7 Å². The number of hydrogen-bond acceptors (Lipinski definition) is 2. The molecule has 1 aliphatic heterocycles. The molecule has 3 heteroatoms. The first kappa shape index (κ1) is 17.5. The molecule has 1 amide bonds. The molecule has 3 rings (SSSR count). The van der Waals surface area contributed by atoms with E-state index in [0.717, 1.165) is 36.3 Å². The minimum absolute atomic E-state index is 0.161. The highest BCUT2D eigenvalue weighted by Gasteiger charge is 2.29. The van der Waals surface area contributed by atoms with E-state index in [1.807, 2.05) is 54.6 Å². The normalized spacial score (nSPS) is 17.6. The number of likely N-dealkylation sites (tertiary alicyclic amines) is 1.